The molecule has 0 amide bonds. The highest BCUT2D eigenvalue weighted by atomic mass is 35.5. The van der Waals surface area contributed by atoms with E-state index < -0.39 is 6.10 Å². The molecule has 2 atom stereocenters. The second-order valence-corrected chi connectivity index (χ2v) is 3.49. The van der Waals surface area contributed by atoms with Gasteiger partial charge >= 0.3 is 0 Å². The molecule has 13 heavy (non-hydrogen) atoms. The molecule has 72 valence electrons. The lowest BCUT2D eigenvalue weighted by Gasteiger charge is -2.17. The quantitative estimate of drug-likeness (QED) is 0.784. The molecule has 0 heterocycles. The van der Waals surface area contributed by atoms with Crippen molar-refractivity contribution in [3.8, 4) is 0 Å². The molecule has 0 fully saturated rings. The van der Waals surface area contributed by atoms with Crippen LogP contribution in [-0.4, -0.2) is 11.2 Å². The Labute approximate surface area is 83.3 Å². The highest BCUT2D eigenvalue weighted by Gasteiger charge is 2.13. The van der Waals surface area contributed by atoms with Crippen LogP contribution in [0.2, 0.25) is 5.02 Å². The third kappa shape index (κ3) is 2.69. The SMILES string of the molecule is CC[C@H](O)[C@H](N)c1ccc(Cl)cc1. The Kier molecular flexibility index (Phi) is 3.72. The first-order valence-electron chi connectivity index (χ1n) is 4.34. The highest BCUT2D eigenvalue weighted by molar-refractivity contribution is 6.30. The Morgan fingerprint density at radius 3 is 2.38 bits per heavy atom. The number of rotatable bonds is 3. The van der Waals surface area contributed by atoms with Crippen LogP contribution in [0.5, 0.6) is 0 Å². The van der Waals surface area contributed by atoms with E-state index in [1.165, 1.54) is 0 Å². The standard InChI is InChI=1S/C10H14ClNO/c1-2-9(13)10(12)7-3-5-8(11)6-4-7/h3-6,9-10,13H,2,12H2,1H3/t9-,10+/m0/s1. The lowest BCUT2D eigenvalue weighted by atomic mass is 10.0. The van der Waals surface area contributed by atoms with Crippen LogP contribution in [0.4, 0.5) is 0 Å². The maximum atomic E-state index is 9.49. The summed E-state index contributed by atoms with van der Waals surface area (Å²) in [5.74, 6) is 0. The molecule has 0 aliphatic carbocycles. The Bertz CT molecular complexity index is 260. The monoisotopic (exact) mass is 199 g/mol. The van der Waals surface area contributed by atoms with E-state index in [-0.39, 0.29) is 6.04 Å². The lowest BCUT2D eigenvalue weighted by molar-refractivity contribution is 0.140. The summed E-state index contributed by atoms with van der Waals surface area (Å²) in [6.07, 6.45) is 0.172. The number of nitrogens with two attached hydrogens (primary N) is 1. The summed E-state index contributed by atoms with van der Waals surface area (Å²) in [6, 6.07) is 6.91. The van der Waals surface area contributed by atoms with Crippen LogP contribution in [0.15, 0.2) is 24.3 Å². The van der Waals surface area contributed by atoms with Gasteiger partial charge in [0.25, 0.3) is 0 Å². The summed E-state index contributed by atoms with van der Waals surface area (Å²) < 4.78 is 0. The van der Waals surface area contributed by atoms with Crippen LogP contribution < -0.4 is 5.73 Å². The fourth-order valence-electron chi connectivity index (χ4n) is 1.16. The Hall–Kier alpha value is -0.570. The van der Waals surface area contributed by atoms with Crippen molar-refractivity contribution in [2.24, 2.45) is 5.73 Å². The van der Waals surface area contributed by atoms with Crippen LogP contribution in [0, 0.1) is 0 Å². The van der Waals surface area contributed by atoms with Gasteiger partial charge in [0.15, 0.2) is 0 Å². The molecule has 1 aromatic carbocycles. The molecule has 0 radical (unpaired) electrons. The minimum absolute atomic E-state index is 0.317. The molecule has 0 saturated carbocycles. The van der Waals surface area contributed by atoms with Gasteiger partial charge in [-0.05, 0) is 24.1 Å². The molecule has 3 N–H and O–H groups in total. The van der Waals surface area contributed by atoms with Gasteiger partial charge in [0.1, 0.15) is 0 Å². The van der Waals surface area contributed by atoms with Gasteiger partial charge in [-0.3, -0.25) is 0 Å². The summed E-state index contributed by atoms with van der Waals surface area (Å²) in [5, 5.41) is 10.2. The van der Waals surface area contributed by atoms with E-state index in [1.807, 2.05) is 19.1 Å². The van der Waals surface area contributed by atoms with Crippen molar-refractivity contribution in [1.29, 1.82) is 0 Å². The Morgan fingerprint density at radius 2 is 1.92 bits per heavy atom. The summed E-state index contributed by atoms with van der Waals surface area (Å²) in [5.41, 5.74) is 6.72. The zero-order chi connectivity index (χ0) is 9.84. The smallest absolute Gasteiger partial charge is 0.0730 e. The average molecular weight is 200 g/mol. The molecule has 2 nitrogen and oxygen atoms in total. The van der Waals surface area contributed by atoms with Crippen molar-refractivity contribution >= 4 is 11.6 Å². The minimum atomic E-state index is -0.485. The topological polar surface area (TPSA) is 46.2 Å². The largest absolute Gasteiger partial charge is 0.391 e. The van der Waals surface area contributed by atoms with Gasteiger partial charge in [0, 0.05) is 5.02 Å². The Morgan fingerprint density at radius 1 is 1.38 bits per heavy atom. The number of halogens is 1. The predicted octanol–water partition coefficient (Wildman–Crippen LogP) is 2.11. The molecule has 0 unspecified atom stereocenters. The first kappa shape index (κ1) is 10.5. The molecule has 1 aromatic rings. The summed E-state index contributed by atoms with van der Waals surface area (Å²) in [4.78, 5) is 0. The van der Waals surface area contributed by atoms with Gasteiger partial charge in [-0.15, -0.1) is 0 Å². The second kappa shape index (κ2) is 4.61. The maximum absolute atomic E-state index is 9.49. The lowest BCUT2D eigenvalue weighted by Crippen LogP contribution is -2.25. The van der Waals surface area contributed by atoms with Crippen molar-refractivity contribution in [3.63, 3.8) is 0 Å². The second-order valence-electron chi connectivity index (χ2n) is 3.05. The van der Waals surface area contributed by atoms with Crippen LogP contribution in [-0.2, 0) is 0 Å². The first-order chi connectivity index (χ1) is 6.15. The van der Waals surface area contributed by atoms with E-state index in [4.69, 9.17) is 17.3 Å². The molecule has 0 aromatic heterocycles. The molecule has 3 heteroatoms. The van der Waals surface area contributed by atoms with E-state index in [0.717, 1.165) is 5.56 Å². The van der Waals surface area contributed by atoms with Gasteiger partial charge in [-0.25, -0.2) is 0 Å². The summed E-state index contributed by atoms with van der Waals surface area (Å²) in [7, 11) is 0. The van der Waals surface area contributed by atoms with Crippen LogP contribution in [0.25, 0.3) is 0 Å². The van der Waals surface area contributed by atoms with Crippen molar-refractivity contribution in [2.45, 2.75) is 25.5 Å². The van der Waals surface area contributed by atoms with Gasteiger partial charge in [-0.1, -0.05) is 30.7 Å². The third-order valence-corrected chi connectivity index (χ3v) is 2.34. The van der Waals surface area contributed by atoms with Crippen molar-refractivity contribution in [1.82, 2.24) is 0 Å². The number of aliphatic hydroxyl groups excluding tert-OH is 1. The number of hydrogen-bond acceptors (Lipinski definition) is 2. The molecule has 1 rings (SSSR count). The van der Waals surface area contributed by atoms with E-state index in [2.05, 4.69) is 0 Å². The highest BCUT2D eigenvalue weighted by Crippen LogP contribution is 2.18. The molecule has 0 spiro atoms. The van der Waals surface area contributed by atoms with Crippen LogP contribution in [0.1, 0.15) is 24.9 Å². The molecular formula is C10H14ClNO. The fraction of sp³-hybridized carbons (Fsp3) is 0.400. The number of aliphatic hydroxyl groups is 1. The number of benzene rings is 1. The zero-order valence-corrected chi connectivity index (χ0v) is 8.33. The van der Waals surface area contributed by atoms with E-state index in [0.29, 0.717) is 11.4 Å². The Balaban J connectivity index is 2.77. The number of hydrogen-bond donors (Lipinski definition) is 2. The van der Waals surface area contributed by atoms with Gasteiger partial charge < -0.3 is 10.8 Å². The van der Waals surface area contributed by atoms with Gasteiger partial charge in [0.05, 0.1) is 12.1 Å². The molecule has 0 aliphatic heterocycles. The van der Waals surface area contributed by atoms with E-state index in [9.17, 15) is 5.11 Å². The summed E-state index contributed by atoms with van der Waals surface area (Å²) >= 11 is 5.73. The van der Waals surface area contributed by atoms with Gasteiger partial charge in [0.2, 0.25) is 0 Å². The van der Waals surface area contributed by atoms with E-state index in [1.54, 1.807) is 12.1 Å². The van der Waals surface area contributed by atoms with Gasteiger partial charge in [-0.2, -0.15) is 0 Å². The maximum Gasteiger partial charge on any atom is 0.0730 e. The molecule has 0 aliphatic rings. The van der Waals surface area contributed by atoms with Crippen molar-refractivity contribution in [2.75, 3.05) is 0 Å². The van der Waals surface area contributed by atoms with Crippen molar-refractivity contribution < 1.29 is 5.11 Å². The summed E-state index contributed by atoms with van der Waals surface area (Å²) in [6.45, 7) is 1.90. The van der Waals surface area contributed by atoms with Crippen LogP contribution >= 0.6 is 11.6 Å². The normalized spacial score (nSPS) is 15.4. The average Bonchev–Trinajstić information content (AvgIpc) is 2.17. The molecule has 0 saturated heterocycles. The van der Waals surface area contributed by atoms with Crippen LogP contribution in [0.3, 0.4) is 0 Å². The predicted molar refractivity (Wildman–Crippen MR) is 54.7 cm³/mol. The molecule has 0 bridgehead atoms. The first-order valence-corrected chi connectivity index (χ1v) is 4.72. The zero-order valence-electron chi connectivity index (χ0n) is 7.57. The molecular weight excluding hydrogens is 186 g/mol. The fourth-order valence-corrected chi connectivity index (χ4v) is 1.29. The third-order valence-electron chi connectivity index (χ3n) is 2.09. The minimum Gasteiger partial charge on any atom is -0.391 e. The van der Waals surface area contributed by atoms with Crippen molar-refractivity contribution in [3.05, 3.63) is 34.9 Å². The van der Waals surface area contributed by atoms with E-state index >= 15 is 0 Å².